The molecule has 24 heavy (non-hydrogen) atoms. The number of alkyl halides is 2. The van der Waals surface area contributed by atoms with Crippen molar-refractivity contribution in [3.05, 3.63) is 24.4 Å². The molecule has 3 aromatic heterocycles. The quantitative estimate of drug-likeness (QED) is 0.419. The van der Waals surface area contributed by atoms with Crippen LogP contribution in [0.15, 0.2) is 29.5 Å². The molecule has 0 aliphatic carbocycles. The number of anilines is 3. The first-order valence-corrected chi connectivity index (χ1v) is 6.79. The van der Waals surface area contributed by atoms with Gasteiger partial charge in [-0.05, 0) is 18.2 Å². The molecule has 0 unspecified atom stereocenters. The zero-order chi connectivity index (χ0) is 17.3. The van der Waals surface area contributed by atoms with Gasteiger partial charge in [-0.1, -0.05) is 0 Å². The average Bonchev–Trinajstić information content (AvgIpc) is 2.97. The van der Waals surface area contributed by atoms with E-state index in [9.17, 15) is 8.78 Å². The van der Waals surface area contributed by atoms with E-state index >= 15 is 0 Å². The van der Waals surface area contributed by atoms with Crippen molar-refractivity contribution in [3.63, 3.8) is 0 Å². The van der Waals surface area contributed by atoms with E-state index in [0.29, 0.717) is 22.6 Å². The molecular weight excluding hydrogens is 320 g/mol. The molecule has 11 heteroatoms. The van der Waals surface area contributed by atoms with Crippen LogP contribution in [0.25, 0.3) is 16.8 Å². The molecule has 0 spiro atoms. The number of rotatable bonds is 5. The van der Waals surface area contributed by atoms with Crippen molar-refractivity contribution in [2.24, 2.45) is 5.11 Å². The van der Waals surface area contributed by atoms with Gasteiger partial charge >= 0.3 is 6.55 Å². The number of hydrogen-bond acceptors (Lipinski definition) is 8. The lowest BCUT2D eigenvalue weighted by Crippen LogP contribution is -2.08. The molecule has 0 aliphatic rings. The van der Waals surface area contributed by atoms with Crippen LogP contribution < -0.4 is 16.4 Å². The topological polar surface area (TPSA) is 129 Å². The Morgan fingerprint density at radius 1 is 1.25 bits per heavy atom. The second kappa shape index (κ2) is 6.02. The lowest BCUT2D eigenvalue weighted by molar-refractivity contribution is 0.181. The Balaban J connectivity index is 2.19. The van der Waals surface area contributed by atoms with Gasteiger partial charge in [-0.2, -0.15) is 18.9 Å². The van der Waals surface area contributed by atoms with Crippen molar-refractivity contribution in [1.29, 1.82) is 5.53 Å². The zero-order valence-electron chi connectivity index (χ0n) is 12.5. The summed E-state index contributed by atoms with van der Waals surface area (Å²) < 4.78 is 26.8. The van der Waals surface area contributed by atoms with E-state index in [1.54, 1.807) is 25.4 Å². The van der Waals surface area contributed by atoms with Crippen LogP contribution in [0.1, 0.15) is 0 Å². The highest BCUT2D eigenvalue weighted by Crippen LogP contribution is 2.32. The number of aromatic nitrogens is 4. The molecule has 9 nitrogen and oxygen atoms in total. The summed E-state index contributed by atoms with van der Waals surface area (Å²) in [6.07, 6.45) is 1.66. The first kappa shape index (κ1) is 15.5. The van der Waals surface area contributed by atoms with Crippen molar-refractivity contribution >= 4 is 28.8 Å². The minimum Gasteiger partial charge on any atom is -0.371 e. The van der Waals surface area contributed by atoms with Gasteiger partial charge in [0.15, 0.2) is 11.6 Å². The summed E-state index contributed by atoms with van der Waals surface area (Å²) in [5.41, 5.74) is 14.3. The van der Waals surface area contributed by atoms with Crippen molar-refractivity contribution < 1.29 is 8.78 Å². The van der Waals surface area contributed by atoms with E-state index in [0.717, 1.165) is 0 Å². The smallest absolute Gasteiger partial charge is 0.314 e. The monoisotopic (exact) mass is 333 g/mol. The predicted molar refractivity (Wildman–Crippen MR) is 84.6 cm³/mol. The van der Waals surface area contributed by atoms with Crippen LogP contribution in [0, 0.1) is 5.53 Å². The minimum atomic E-state index is -2.82. The lowest BCUT2D eigenvalue weighted by atomic mass is 10.1. The third-order valence-electron chi connectivity index (χ3n) is 3.28. The van der Waals surface area contributed by atoms with E-state index in [-0.39, 0.29) is 17.5 Å². The molecule has 0 saturated heterocycles. The van der Waals surface area contributed by atoms with Gasteiger partial charge in [-0.25, -0.2) is 15.0 Å². The van der Waals surface area contributed by atoms with Crippen LogP contribution in [0.2, 0.25) is 0 Å². The summed E-state index contributed by atoms with van der Waals surface area (Å²) in [5.74, 6) is 0.381. The summed E-state index contributed by atoms with van der Waals surface area (Å²) in [6, 6.07) is 4.73. The average molecular weight is 333 g/mol. The molecule has 0 aliphatic heterocycles. The maximum absolute atomic E-state index is 12.6. The van der Waals surface area contributed by atoms with Gasteiger partial charge < -0.3 is 16.4 Å². The molecule has 0 amide bonds. The maximum Gasteiger partial charge on any atom is 0.314 e. The summed E-state index contributed by atoms with van der Waals surface area (Å²) in [5, 5.41) is 12.0. The fourth-order valence-electron chi connectivity index (χ4n) is 2.32. The van der Waals surface area contributed by atoms with Crippen LogP contribution in [0.4, 0.5) is 32.1 Å². The fraction of sp³-hybridized carbons (Fsp3) is 0.154. The highest BCUT2D eigenvalue weighted by atomic mass is 19.3. The number of nitrogen functional groups attached to an aromatic ring is 1. The molecule has 0 bridgehead atoms. The number of fused-ring (bicyclic) bond motifs is 1. The van der Waals surface area contributed by atoms with Gasteiger partial charge in [-0.15, -0.1) is 5.10 Å². The molecule has 124 valence electrons. The Labute approximate surface area is 134 Å². The van der Waals surface area contributed by atoms with Crippen molar-refractivity contribution in [1.82, 2.24) is 19.6 Å². The lowest BCUT2D eigenvalue weighted by Gasteiger charge is -2.10. The Morgan fingerprint density at radius 3 is 2.71 bits per heavy atom. The van der Waals surface area contributed by atoms with Gasteiger partial charge in [0.05, 0.1) is 5.69 Å². The summed E-state index contributed by atoms with van der Waals surface area (Å²) in [6.45, 7) is -2.82. The summed E-state index contributed by atoms with van der Waals surface area (Å²) >= 11 is 0. The number of halogens is 2. The van der Waals surface area contributed by atoms with Gasteiger partial charge in [0, 0.05) is 18.8 Å². The summed E-state index contributed by atoms with van der Waals surface area (Å²) in [4.78, 5) is 8.25. The molecule has 0 aromatic carbocycles. The molecule has 3 rings (SSSR count). The van der Waals surface area contributed by atoms with E-state index in [2.05, 4.69) is 25.5 Å². The van der Waals surface area contributed by atoms with Gasteiger partial charge in [0.1, 0.15) is 11.2 Å². The standard InChI is InChI=1S/C13H13F2N9/c1-18-11-9-6(4-5-24(9)23-13(16)21-11)7-2-3-8(22-17)10(19-7)20-12(14)15/h2-5,12,17H,1H3,(H,19,20)(H3,16,18,21,23). The van der Waals surface area contributed by atoms with Crippen LogP contribution in [0.5, 0.6) is 0 Å². The highest BCUT2D eigenvalue weighted by Gasteiger charge is 2.16. The Hall–Kier alpha value is -3.37. The number of nitrogens with one attached hydrogen (secondary N) is 3. The third kappa shape index (κ3) is 2.66. The van der Waals surface area contributed by atoms with Gasteiger partial charge in [-0.3, -0.25) is 0 Å². The zero-order valence-corrected chi connectivity index (χ0v) is 12.5. The van der Waals surface area contributed by atoms with Crippen LogP contribution in [-0.4, -0.2) is 33.2 Å². The van der Waals surface area contributed by atoms with Gasteiger partial charge in [0.2, 0.25) is 5.95 Å². The molecule has 0 fully saturated rings. The van der Waals surface area contributed by atoms with Crippen LogP contribution >= 0.6 is 0 Å². The first-order chi connectivity index (χ1) is 11.5. The number of pyridine rings is 1. The SMILES string of the molecule is CNc1nc(N)nn2ccc(-c3ccc(N=N)c(NC(F)F)n3)c12. The minimum absolute atomic E-state index is 0.0110. The van der Waals surface area contributed by atoms with Crippen LogP contribution in [-0.2, 0) is 0 Å². The van der Waals surface area contributed by atoms with E-state index in [1.807, 2.05) is 5.32 Å². The highest BCUT2D eigenvalue weighted by molar-refractivity contribution is 5.88. The van der Waals surface area contributed by atoms with Crippen LogP contribution in [0.3, 0.4) is 0 Å². The molecule has 3 aromatic rings. The van der Waals surface area contributed by atoms with E-state index in [4.69, 9.17) is 11.3 Å². The number of nitrogens with zero attached hydrogens (tertiary/aromatic N) is 5. The molecule has 5 N–H and O–H groups in total. The normalized spacial score (nSPS) is 11.0. The molecule has 3 heterocycles. The number of nitrogens with two attached hydrogens (primary N) is 1. The second-order valence-electron chi connectivity index (χ2n) is 4.71. The Morgan fingerprint density at radius 2 is 2.04 bits per heavy atom. The number of hydrogen-bond donors (Lipinski definition) is 4. The largest absolute Gasteiger partial charge is 0.371 e. The fourth-order valence-corrected chi connectivity index (χ4v) is 2.32. The first-order valence-electron chi connectivity index (χ1n) is 6.79. The van der Waals surface area contributed by atoms with Crippen molar-refractivity contribution in [2.45, 2.75) is 6.55 Å². The molecule has 0 atom stereocenters. The molecular formula is C13H13F2N9. The molecule has 0 saturated carbocycles. The Bertz CT molecular complexity index is 906. The predicted octanol–water partition coefficient (Wildman–Crippen LogP) is 2.71. The third-order valence-corrected chi connectivity index (χ3v) is 3.28. The van der Waals surface area contributed by atoms with Gasteiger partial charge in [0.25, 0.3) is 0 Å². The maximum atomic E-state index is 12.6. The molecule has 0 radical (unpaired) electrons. The Kier molecular flexibility index (Phi) is 3.90. The second-order valence-corrected chi connectivity index (χ2v) is 4.71. The summed E-state index contributed by atoms with van der Waals surface area (Å²) in [7, 11) is 1.68. The van der Waals surface area contributed by atoms with E-state index < -0.39 is 6.55 Å². The van der Waals surface area contributed by atoms with Crippen molar-refractivity contribution in [3.8, 4) is 11.3 Å². The van der Waals surface area contributed by atoms with Crippen molar-refractivity contribution in [2.75, 3.05) is 23.4 Å². The van der Waals surface area contributed by atoms with E-state index in [1.165, 1.54) is 10.6 Å².